The number of anilines is 2. The van der Waals surface area contributed by atoms with Crippen molar-refractivity contribution >= 4 is 50.3 Å². The molecule has 4 rings (SSSR count). The number of hydrogen-bond donors (Lipinski definition) is 3. The van der Waals surface area contributed by atoms with Crippen LogP contribution >= 0.6 is 11.6 Å². The van der Waals surface area contributed by atoms with Crippen molar-refractivity contribution in [2.45, 2.75) is 49.9 Å². The number of para-hydroxylation sites is 1. The van der Waals surface area contributed by atoms with Gasteiger partial charge in [0.15, 0.2) is 0 Å². The number of aliphatic carboxylic acids is 1. The minimum absolute atomic E-state index is 0.0901. The van der Waals surface area contributed by atoms with Gasteiger partial charge < -0.3 is 15.3 Å². The molecule has 2 aromatic carbocycles. The molecule has 0 saturated heterocycles. The van der Waals surface area contributed by atoms with Crippen LogP contribution in [0.1, 0.15) is 38.2 Å². The number of aromatic nitrogens is 2. The van der Waals surface area contributed by atoms with E-state index in [4.69, 9.17) is 26.5 Å². The second-order valence-electron chi connectivity index (χ2n) is 10.5. The number of rotatable bonds is 9. The van der Waals surface area contributed by atoms with E-state index < -0.39 is 38.8 Å². The van der Waals surface area contributed by atoms with Gasteiger partial charge in [-0.05, 0) is 74.8 Å². The summed E-state index contributed by atoms with van der Waals surface area (Å²) >= 11 is 5.92. The number of sulfonamides is 1. The molecule has 1 aliphatic rings. The van der Waals surface area contributed by atoms with Crippen molar-refractivity contribution < 1.29 is 44.7 Å². The van der Waals surface area contributed by atoms with Crippen LogP contribution in [0.25, 0.3) is 10.9 Å². The summed E-state index contributed by atoms with van der Waals surface area (Å²) in [6.07, 6.45) is -6.37. The number of benzene rings is 2. The fourth-order valence-corrected chi connectivity index (χ4v) is 6.29. The van der Waals surface area contributed by atoms with E-state index in [9.17, 15) is 34.8 Å². The van der Waals surface area contributed by atoms with Crippen LogP contribution < -0.4 is 14.9 Å². The largest absolute Gasteiger partial charge is 0.490 e. The van der Waals surface area contributed by atoms with E-state index in [2.05, 4.69) is 26.8 Å². The Kier molecular flexibility index (Phi) is 11.9. The number of alkyl halides is 6. The fourth-order valence-electron chi connectivity index (χ4n) is 4.65. The normalized spacial score (nSPS) is 17.4. The van der Waals surface area contributed by atoms with Gasteiger partial charge in [-0.2, -0.15) is 31.3 Å². The highest BCUT2D eigenvalue weighted by Gasteiger charge is 2.38. The lowest BCUT2D eigenvalue weighted by Crippen LogP contribution is -2.32. The molecule has 0 aliphatic heterocycles. The topological polar surface area (TPSA) is 125 Å². The first-order valence-electron chi connectivity index (χ1n) is 13.8. The molecule has 0 atom stereocenters. The SMILES string of the molecule is CCN(C)c1nc(NCC2CCC(CNS(=O)(=O)c3cc(C(F)(F)F)ccc3Cl)CC2)nc2ccccc12.O=C(O)C(F)(F)F. The summed E-state index contributed by atoms with van der Waals surface area (Å²) in [5.41, 5.74) is -0.184. The number of nitrogens with one attached hydrogen (secondary N) is 2. The van der Waals surface area contributed by atoms with Crippen LogP contribution in [-0.2, 0) is 21.0 Å². The van der Waals surface area contributed by atoms with Crippen LogP contribution in [0.3, 0.4) is 0 Å². The molecule has 0 unspecified atom stereocenters. The van der Waals surface area contributed by atoms with Crippen LogP contribution in [0.2, 0.25) is 5.02 Å². The molecule has 3 N–H and O–H groups in total. The molecule has 9 nitrogen and oxygen atoms in total. The van der Waals surface area contributed by atoms with E-state index in [1.165, 1.54) is 0 Å². The molecule has 1 heterocycles. The first-order chi connectivity index (χ1) is 20.9. The highest BCUT2D eigenvalue weighted by atomic mass is 35.5. The molecular formula is C28H32ClF6N5O4S. The van der Waals surface area contributed by atoms with E-state index in [1.54, 1.807) is 0 Å². The summed E-state index contributed by atoms with van der Waals surface area (Å²) in [4.78, 5) is 19.8. The summed E-state index contributed by atoms with van der Waals surface area (Å²) in [7, 11) is -2.18. The van der Waals surface area contributed by atoms with Gasteiger partial charge in [0, 0.05) is 32.1 Å². The predicted molar refractivity (Wildman–Crippen MR) is 158 cm³/mol. The van der Waals surface area contributed by atoms with Crippen molar-refractivity contribution in [1.82, 2.24) is 14.7 Å². The van der Waals surface area contributed by atoms with Gasteiger partial charge in [0.1, 0.15) is 10.7 Å². The highest BCUT2D eigenvalue weighted by Crippen LogP contribution is 2.34. The number of fused-ring (bicyclic) bond motifs is 1. The monoisotopic (exact) mass is 683 g/mol. The Morgan fingerprint density at radius 3 is 2.13 bits per heavy atom. The second-order valence-corrected chi connectivity index (χ2v) is 12.6. The van der Waals surface area contributed by atoms with E-state index >= 15 is 0 Å². The zero-order valence-electron chi connectivity index (χ0n) is 24.2. The van der Waals surface area contributed by atoms with Crippen molar-refractivity contribution in [2.75, 3.05) is 36.9 Å². The molecular weight excluding hydrogens is 652 g/mol. The average molecular weight is 684 g/mol. The van der Waals surface area contributed by atoms with Gasteiger partial charge in [-0.3, -0.25) is 0 Å². The number of carbonyl (C=O) groups is 1. The standard InChI is InChI=1S/C26H31ClF3N5O2S.C2HF3O2/c1-3-35(2)24-20-6-4-5-7-22(20)33-25(34-24)31-15-17-8-10-18(11-9-17)16-32-38(36,37)23-14-19(26(28,29)30)12-13-21(23)27;3-2(4,5)1(6)7/h4-7,12-14,17-18,32H,3,8-11,15-16H2,1-2H3,(H,31,33,34);(H,6,7). The molecule has 17 heteroatoms. The molecule has 3 aromatic rings. The summed E-state index contributed by atoms with van der Waals surface area (Å²) in [6.45, 7) is 3.73. The lowest BCUT2D eigenvalue weighted by Gasteiger charge is -2.29. The Morgan fingerprint density at radius 2 is 1.58 bits per heavy atom. The molecule has 45 heavy (non-hydrogen) atoms. The Hall–Kier alpha value is -3.37. The minimum Gasteiger partial charge on any atom is -0.475 e. The van der Waals surface area contributed by atoms with Gasteiger partial charge in [-0.25, -0.2) is 22.9 Å². The number of carboxylic acids is 1. The quantitative estimate of drug-likeness (QED) is 0.216. The van der Waals surface area contributed by atoms with E-state index in [-0.39, 0.29) is 17.5 Å². The summed E-state index contributed by atoms with van der Waals surface area (Å²) in [6, 6.07) is 10.2. The minimum atomic E-state index is -5.08. The Balaban J connectivity index is 0.000000707. The van der Waals surface area contributed by atoms with Gasteiger partial charge in [0.25, 0.3) is 0 Å². The Bertz CT molecular complexity index is 1580. The molecule has 0 amide bonds. The van der Waals surface area contributed by atoms with E-state index in [1.807, 2.05) is 31.3 Å². The molecule has 1 fully saturated rings. The van der Waals surface area contributed by atoms with Crippen LogP contribution in [-0.4, -0.2) is 62.3 Å². The summed E-state index contributed by atoms with van der Waals surface area (Å²) in [5, 5.41) is 11.3. The highest BCUT2D eigenvalue weighted by molar-refractivity contribution is 7.89. The zero-order valence-corrected chi connectivity index (χ0v) is 25.8. The summed E-state index contributed by atoms with van der Waals surface area (Å²) < 4.78 is 98.7. The van der Waals surface area contributed by atoms with Crippen LogP contribution in [0.15, 0.2) is 47.4 Å². The third-order valence-corrected chi connectivity index (χ3v) is 9.19. The van der Waals surface area contributed by atoms with Crippen LogP contribution in [0.5, 0.6) is 0 Å². The summed E-state index contributed by atoms with van der Waals surface area (Å²) in [5.74, 6) is -0.840. The van der Waals surface area contributed by atoms with Gasteiger partial charge in [-0.15, -0.1) is 0 Å². The number of hydrogen-bond acceptors (Lipinski definition) is 7. The number of nitrogens with zero attached hydrogens (tertiary/aromatic N) is 3. The maximum atomic E-state index is 13.0. The lowest BCUT2D eigenvalue weighted by atomic mass is 9.82. The van der Waals surface area contributed by atoms with Gasteiger partial charge in [0.2, 0.25) is 16.0 Å². The zero-order chi connectivity index (χ0) is 33.6. The van der Waals surface area contributed by atoms with Crippen LogP contribution in [0, 0.1) is 11.8 Å². The van der Waals surface area contributed by atoms with Crippen molar-refractivity contribution in [2.24, 2.45) is 11.8 Å². The maximum absolute atomic E-state index is 13.0. The fraction of sp³-hybridized carbons (Fsp3) is 0.464. The number of carboxylic acid groups (broad SMARTS) is 1. The third-order valence-electron chi connectivity index (χ3n) is 7.29. The lowest BCUT2D eigenvalue weighted by molar-refractivity contribution is -0.192. The second kappa shape index (κ2) is 14.8. The van der Waals surface area contributed by atoms with Crippen LogP contribution in [0.4, 0.5) is 38.1 Å². The average Bonchev–Trinajstić information content (AvgIpc) is 2.98. The van der Waals surface area contributed by atoms with Gasteiger partial charge >= 0.3 is 18.3 Å². The third kappa shape index (κ3) is 10.1. The Labute approximate surface area is 261 Å². The molecule has 0 bridgehead atoms. The van der Waals surface area contributed by atoms with E-state index in [0.717, 1.165) is 61.1 Å². The van der Waals surface area contributed by atoms with Crippen molar-refractivity contribution in [1.29, 1.82) is 0 Å². The van der Waals surface area contributed by atoms with Crippen molar-refractivity contribution in [3.8, 4) is 0 Å². The predicted octanol–water partition coefficient (Wildman–Crippen LogP) is 6.59. The van der Waals surface area contributed by atoms with Gasteiger partial charge in [-0.1, -0.05) is 23.7 Å². The molecule has 1 saturated carbocycles. The van der Waals surface area contributed by atoms with Gasteiger partial charge in [0.05, 0.1) is 16.1 Å². The molecule has 1 aliphatic carbocycles. The number of halogens is 7. The molecule has 1 aromatic heterocycles. The Morgan fingerprint density at radius 1 is 1.00 bits per heavy atom. The van der Waals surface area contributed by atoms with Crippen molar-refractivity contribution in [3.05, 3.63) is 53.1 Å². The smallest absolute Gasteiger partial charge is 0.475 e. The maximum Gasteiger partial charge on any atom is 0.490 e. The first kappa shape index (κ1) is 36.1. The van der Waals surface area contributed by atoms with Crippen molar-refractivity contribution in [3.63, 3.8) is 0 Å². The van der Waals surface area contributed by atoms with E-state index in [0.29, 0.717) is 24.5 Å². The molecule has 0 radical (unpaired) electrons. The first-order valence-corrected chi connectivity index (χ1v) is 15.7. The molecule has 0 spiro atoms. The molecule has 248 valence electrons.